The number of hydrogen-bond donors (Lipinski definition) is 1. The third kappa shape index (κ3) is 3.52. The van der Waals surface area contributed by atoms with Crippen molar-refractivity contribution in [3.8, 4) is 0 Å². The lowest BCUT2D eigenvalue weighted by molar-refractivity contribution is -0.133. The number of halogens is 1. The molecule has 24 heavy (non-hydrogen) atoms. The molecular formula is C19H18BrNO2S. The highest BCUT2D eigenvalue weighted by Crippen LogP contribution is 2.46. The molecule has 0 spiro atoms. The quantitative estimate of drug-likeness (QED) is 0.603. The summed E-state index contributed by atoms with van der Waals surface area (Å²) in [5.41, 5.74) is 2.35. The molecule has 1 saturated carbocycles. The summed E-state index contributed by atoms with van der Waals surface area (Å²) in [6.07, 6.45) is 2.50. The monoisotopic (exact) mass is 403 g/mol. The molecule has 1 aliphatic carbocycles. The zero-order valence-corrected chi connectivity index (χ0v) is 15.6. The van der Waals surface area contributed by atoms with Gasteiger partial charge in [-0.15, -0.1) is 0 Å². The Kier molecular flexibility index (Phi) is 5.01. The first-order valence-electron chi connectivity index (χ1n) is 7.68. The van der Waals surface area contributed by atoms with Crippen LogP contribution in [0.1, 0.15) is 24.3 Å². The van der Waals surface area contributed by atoms with Gasteiger partial charge in [-0.25, -0.2) is 0 Å². The average molecular weight is 404 g/mol. The van der Waals surface area contributed by atoms with Gasteiger partial charge in [0.2, 0.25) is 0 Å². The van der Waals surface area contributed by atoms with Gasteiger partial charge in [0.05, 0.1) is 21.1 Å². The summed E-state index contributed by atoms with van der Waals surface area (Å²) in [7, 11) is 0. The Morgan fingerprint density at radius 3 is 2.46 bits per heavy atom. The molecule has 0 bridgehead atoms. The van der Waals surface area contributed by atoms with E-state index in [1.54, 1.807) is 0 Å². The van der Waals surface area contributed by atoms with Crippen LogP contribution in [0.3, 0.4) is 0 Å². The number of carboxylic acid groups (broad SMARTS) is 1. The number of aliphatic carboxylic acids is 1. The highest BCUT2D eigenvalue weighted by molar-refractivity contribution is 9.11. The number of anilines is 1. The fraction of sp³-hybridized carbons (Fsp3) is 0.211. The van der Waals surface area contributed by atoms with Gasteiger partial charge in [0.1, 0.15) is 0 Å². The average Bonchev–Trinajstić information content (AvgIpc) is 3.37. The molecule has 1 fully saturated rings. The molecule has 3 nitrogen and oxygen atoms in total. The second kappa shape index (κ2) is 7.03. The van der Waals surface area contributed by atoms with Crippen LogP contribution in [0.4, 0.5) is 5.69 Å². The van der Waals surface area contributed by atoms with Crippen LogP contribution >= 0.6 is 27.7 Å². The molecule has 0 aliphatic heterocycles. The second-order valence-electron chi connectivity index (χ2n) is 5.78. The van der Waals surface area contributed by atoms with Crippen molar-refractivity contribution in [3.63, 3.8) is 0 Å². The smallest absolute Gasteiger partial charge is 0.313 e. The van der Waals surface area contributed by atoms with Crippen LogP contribution in [-0.2, 0) is 4.79 Å². The number of carboxylic acids is 1. The zero-order valence-electron chi connectivity index (χ0n) is 13.2. The Morgan fingerprint density at radius 2 is 1.88 bits per heavy atom. The molecule has 0 heterocycles. The highest BCUT2D eigenvalue weighted by atomic mass is 79.9. The van der Waals surface area contributed by atoms with Gasteiger partial charge in [-0.2, -0.15) is 0 Å². The number of carbonyl (C=O) groups is 1. The first-order valence-corrected chi connectivity index (χ1v) is 9.46. The fourth-order valence-corrected chi connectivity index (χ4v) is 4.01. The van der Waals surface area contributed by atoms with Gasteiger partial charge in [-0.1, -0.05) is 55.3 Å². The molecular weight excluding hydrogens is 386 g/mol. The van der Waals surface area contributed by atoms with Crippen LogP contribution in [0, 0.1) is 0 Å². The molecule has 0 amide bonds. The van der Waals surface area contributed by atoms with Gasteiger partial charge in [0.15, 0.2) is 0 Å². The molecule has 3 rings (SSSR count). The maximum absolute atomic E-state index is 10.9. The predicted molar refractivity (Wildman–Crippen MR) is 106 cm³/mol. The Morgan fingerprint density at radius 1 is 1.21 bits per heavy atom. The lowest BCUT2D eigenvalue weighted by Gasteiger charge is -2.27. The molecule has 124 valence electrons. The summed E-state index contributed by atoms with van der Waals surface area (Å²) in [5.74, 6) is -0.238. The van der Waals surface area contributed by atoms with Gasteiger partial charge >= 0.3 is 5.97 Å². The van der Waals surface area contributed by atoms with Gasteiger partial charge < -0.3 is 5.11 Å². The Hall–Kier alpha value is -1.72. The molecule has 5 heteroatoms. The first kappa shape index (κ1) is 17.1. The van der Waals surface area contributed by atoms with Crippen LogP contribution in [0.5, 0.6) is 0 Å². The van der Waals surface area contributed by atoms with Crippen LogP contribution in [0.2, 0.25) is 0 Å². The molecule has 0 atom stereocenters. The minimum Gasteiger partial charge on any atom is -0.481 e. The van der Waals surface area contributed by atoms with Crippen LogP contribution in [-0.4, -0.2) is 16.8 Å². The van der Waals surface area contributed by atoms with Crippen LogP contribution < -0.4 is 4.90 Å². The minimum absolute atomic E-state index is 0.0340. The number of fused-ring (bicyclic) bond motifs is 1. The molecule has 0 radical (unpaired) electrons. The SMILES string of the molecule is C=C(Br)N(C(=C)SCC(=O)O)c1ccc(C2CC2)c2ccccc12. The molecule has 1 aliphatic rings. The fourth-order valence-electron chi connectivity index (χ4n) is 2.86. The van der Waals surface area contributed by atoms with E-state index in [1.165, 1.54) is 35.6 Å². The highest BCUT2D eigenvalue weighted by Gasteiger charge is 2.26. The van der Waals surface area contributed by atoms with Crippen molar-refractivity contribution >= 4 is 50.1 Å². The number of thioether (sulfide) groups is 1. The Labute approximate surface area is 154 Å². The van der Waals surface area contributed by atoms with Crippen molar-refractivity contribution in [3.05, 3.63) is 64.8 Å². The zero-order chi connectivity index (χ0) is 17.3. The standard InChI is InChI=1S/C19H18BrNO2S/c1-12(20)21(13(2)24-11-19(22)23)18-10-9-15(14-7-8-14)16-5-3-4-6-17(16)18/h3-6,9-10,14H,1-2,7-8,11H2,(H,22,23). The van der Waals surface area contributed by atoms with E-state index in [1.807, 2.05) is 11.0 Å². The summed E-state index contributed by atoms with van der Waals surface area (Å²) in [6, 6.07) is 12.6. The largest absolute Gasteiger partial charge is 0.481 e. The summed E-state index contributed by atoms with van der Waals surface area (Å²) in [6.45, 7) is 8.01. The number of benzene rings is 2. The summed E-state index contributed by atoms with van der Waals surface area (Å²) < 4.78 is 0.634. The van der Waals surface area contributed by atoms with E-state index in [2.05, 4.69) is 59.4 Å². The lowest BCUT2D eigenvalue weighted by Crippen LogP contribution is -2.17. The van der Waals surface area contributed by atoms with E-state index in [0.717, 1.165) is 11.1 Å². The molecule has 0 unspecified atom stereocenters. The van der Waals surface area contributed by atoms with Crippen molar-refractivity contribution in [1.29, 1.82) is 0 Å². The van der Waals surface area contributed by atoms with E-state index in [-0.39, 0.29) is 5.75 Å². The number of nitrogens with zero attached hydrogens (tertiary/aromatic N) is 1. The molecule has 2 aromatic rings. The van der Waals surface area contributed by atoms with E-state index in [9.17, 15) is 4.79 Å². The van der Waals surface area contributed by atoms with Gasteiger partial charge in [-0.3, -0.25) is 9.69 Å². The third-order valence-corrected chi connectivity index (χ3v) is 5.31. The first-order chi connectivity index (χ1) is 11.5. The summed E-state index contributed by atoms with van der Waals surface area (Å²) in [5, 5.41) is 11.9. The normalized spacial score (nSPS) is 13.7. The predicted octanol–water partition coefficient (Wildman–Crippen LogP) is 5.68. The lowest BCUT2D eigenvalue weighted by atomic mass is 9.99. The van der Waals surface area contributed by atoms with Crippen molar-refractivity contribution in [2.75, 3.05) is 10.7 Å². The van der Waals surface area contributed by atoms with Crippen LogP contribution in [0.15, 0.2) is 59.2 Å². The van der Waals surface area contributed by atoms with Crippen molar-refractivity contribution in [1.82, 2.24) is 0 Å². The second-order valence-corrected chi connectivity index (χ2v) is 7.75. The van der Waals surface area contributed by atoms with E-state index < -0.39 is 5.97 Å². The summed E-state index contributed by atoms with van der Waals surface area (Å²) >= 11 is 4.63. The summed E-state index contributed by atoms with van der Waals surface area (Å²) in [4.78, 5) is 12.7. The van der Waals surface area contributed by atoms with Gasteiger partial charge in [0.25, 0.3) is 0 Å². The van der Waals surface area contributed by atoms with Gasteiger partial charge in [0, 0.05) is 5.39 Å². The number of hydrogen-bond acceptors (Lipinski definition) is 3. The van der Waals surface area contributed by atoms with E-state index >= 15 is 0 Å². The van der Waals surface area contributed by atoms with Crippen molar-refractivity contribution in [2.45, 2.75) is 18.8 Å². The Bertz CT molecular complexity index is 829. The Balaban J connectivity index is 2.05. The molecule has 0 aromatic heterocycles. The minimum atomic E-state index is -0.866. The number of rotatable bonds is 7. The van der Waals surface area contributed by atoms with Gasteiger partial charge in [-0.05, 0) is 51.7 Å². The van der Waals surface area contributed by atoms with E-state index in [4.69, 9.17) is 5.11 Å². The topological polar surface area (TPSA) is 40.5 Å². The molecule has 0 saturated heterocycles. The molecule has 1 N–H and O–H groups in total. The maximum Gasteiger partial charge on any atom is 0.313 e. The van der Waals surface area contributed by atoms with Crippen molar-refractivity contribution < 1.29 is 9.90 Å². The maximum atomic E-state index is 10.9. The third-order valence-electron chi connectivity index (χ3n) is 4.05. The molecule has 2 aromatic carbocycles. The van der Waals surface area contributed by atoms with Crippen LogP contribution in [0.25, 0.3) is 10.8 Å². The van der Waals surface area contributed by atoms with E-state index in [0.29, 0.717) is 15.6 Å². The van der Waals surface area contributed by atoms with Crippen molar-refractivity contribution in [2.24, 2.45) is 0 Å².